The summed E-state index contributed by atoms with van der Waals surface area (Å²) in [7, 11) is 0. The summed E-state index contributed by atoms with van der Waals surface area (Å²) < 4.78 is 11.9. The molecule has 31 heavy (non-hydrogen) atoms. The van der Waals surface area contributed by atoms with Crippen LogP contribution in [-0.4, -0.2) is 41.4 Å². The van der Waals surface area contributed by atoms with Crippen molar-refractivity contribution in [2.75, 3.05) is 13.1 Å². The summed E-state index contributed by atoms with van der Waals surface area (Å²) in [6, 6.07) is 10.3. The SMILES string of the molecule is Cc1ccoc1C(=O)N1CCC2(CC1)C[C@H](CC(=O)NC1CCC1)c1ccccc1O2. The molecule has 1 N–H and O–H groups in total. The van der Waals surface area contributed by atoms with E-state index < -0.39 is 0 Å². The van der Waals surface area contributed by atoms with Gasteiger partial charge >= 0.3 is 0 Å². The third-order valence-corrected chi connectivity index (χ3v) is 7.22. The number of carbonyl (C=O) groups excluding carboxylic acids is 2. The Morgan fingerprint density at radius 2 is 1.94 bits per heavy atom. The standard InChI is InChI=1S/C25H30N2O4/c1-17-9-14-30-23(17)24(29)27-12-10-25(11-13-27)16-18(15-22(28)26-19-5-4-6-19)20-7-2-3-8-21(20)31-25/h2-3,7-9,14,18-19H,4-6,10-13,15-16H2,1H3,(H,26,28)/t18-/m0/s1. The number of hydrogen-bond donors (Lipinski definition) is 1. The minimum atomic E-state index is -0.329. The number of nitrogens with zero attached hydrogens (tertiary/aromatic N) is 1. The first-order valence-corrected chi connectivity index (χ1v) is 11.4. The van der Waals surface area contributed by atoms with Crippen LogP contribution in [-0.2, 0) is 4.79 Å². The minimum absolute atomic E-state index is 0.0509. The van der Waals surface area contributed by atoms with E-state index in [1.54, 1.807) is 6.26 Å². The summed E-state index contributed by atoms with van der Waals surface area (Å²) in [4.78, 5) is 27.4. The highest BCUT2D eigenvalue weighted by Crippen LogP contribution is 2.46. The van der Waals surface area contributed by atoms with Gasteiger partial charge in [-0.2, -0.15) is 0 Å². The van der Waals surface area contributed by atoms with Crippen LogP contribution < -0.4 is 10.1 Å². The summed E-state index contributed by atoms with van der Waals surface area (Å²) in [5, 5.41) is 3.19. The maximum absolute atomic E-state index is 12.8. The lowest BCUT2D eigenvalue weighted by Crippen LogP contribution is -2.52. The number of amides is 2. The minimum Gasteiger partial charge on any atom is -0.487 e. The zero-order valence-electron chi connectivity index (χ0n) is 18.1. The molecule has 1 saturated carbocycles. The Bertz CT molecular complexity index is 969. The molecule has 5 rings (SSSR count). The monoisotopic (exact) mass is 422 g/mol. The number of fused-ring (bicyclic) bond motifs is 1. The van der Waals surface area contributed by atoms with Crippen LogP contribution in [0.5, 0.6) is 5.75 Å². The molecule has 2 aliphatic heterocycles. The quantitative estimate of drug-likeness (QED) is 0.802. The van der Waals surface area contributed by atoms with Crippen molar-refractivity contribution in [3.05, 3.63) is 53.5 Å². The van der Waals surface area contributed by atoms with Gasteiger partial charge in [0.2, 0.25) is 5.91 Å². The van der Waals surface area contributed by atoms with Gasteiger partial charge in [0.25, 0.3) is 5.91 Å². The van der Waals surface area contributed by atoms with E-state index >= 15 is 0 Å². The molecule has 1 saturated heterocycles. The van der Waals surface area contributed by atoms with Crippen molar-refractivity contribution in [2.24, 2.45) is 0 Å². The van der Waals surface area contributed by atoms with E-state index in [-0.39, 0.29) is 23.3 Å². The van der Waals surface area contributed by atoms with Gasteiger partial charge in [-0.3, -0.25) is 9.59 Å². The largest absolute Gasteiger partial charge is 0.487 e. The molecule has 0 radical (unpaired) electrons. The molecular weight excluding hydrogens is 392 g/mol. The number of benzene rings is 1. The first-order valence-electron chi connectivity index (χ1n) is 11.4. The molecule has 6 heteroatoms. The molecule has 1 aromatic heterocycles. The maximum atomic E-state index is 12.8. The lowest BCUT2D eigenvalue weighted by atomic mass is 9.76. The molecule has 3 heterocycles. The van der Waals surface area contributed by atoms with Crippen molar-refractivity contribution in [3.8, 4) is 5.75 Å². The predicted molar refractivity (Wildman–Crippen MR) is 116 cm³/mol. The molecule has 6 nitrogen and oxygen atoms in total. The Hall–Kier alpha value is -2.76. The van der Waals surface area contributed by atoms with Crippen LogP contribution in [0.15, 0.2) is 41.0 Å². The second-order valence-electron chi connectivity index (χ2n) is 9.35. The van der Waals surface area contributed by atoms with Crippen LogP contribution in [0.4, 0.5) is 0 Å². The van der Waals surface area contributed by atoms with Gasteiger partial charge in [0.05, 0.1) is 6.26 Å². The van der Waals surface area contributed by atoms with Gasteiger partial charge in [0.15, 0.2) is 5.76 Å². The number of piperidine rings is 1. The van der Waals surface area contributed by atoms with Crippen LogP contribution in [0.1, 0.15) is 72.5 Å². The molecule has 1 aromatic carbocycles. The number of ether oxygens (including phenoxy) is 1. The maximum Gasteiger partial charge on any atom is 0.289 e. The van der Waals surface area contributed by atoms with E-state index in [0.29, 0.717) is 31.3 Å². The lowest BCUT2D eigenvalue weighted by Gasteiger charge is -2.46. The number of aryl methyl sites for hydroxylation is 1. The van der Waals surface area contributed by atoms with Crippen LogP contribution in [0, 0.1) is 6.92 Å². The number of para-hydroxylation sites is 1. The molecule has 2 aromatic rings. The molecule has 0 unspecified atom stereocenters. The van der Waals surface area contributed by atoms with Crippen LogP contribution in [0.3, 0.4) is 0 Å². The highest BCUT2D eigenvalue weighted by atomic mass is 16.5. The fourth-order valence-electron chi connectivity index (χ4n) is 5.15. The third-order valence-electron chi connectivity index (χ3n) is 7.22. The van der Waals surface area contributed by atoms with Crippen LogP contribution >= 0.6 is 0 Å². The van der Waals surface area contributed by atoms with Crippen molar-refractivity contribution in [3.63, 3.8) is 0 Å². The van der Waals surface area contributed by atoms with Crippen molar-refractivity contribution >= 4 is 11.8 Å². The zero-order chi connectivity index (χ0) is 21.4. The van der Waals surface area contributed by atoms with Crippen LogP contribution in [0.2, 0.25) is 0 Å². The first kappa shape index (κ1) is 20.2. The number of hydrogen-bond acceptors (Lipinski definition) is 4. The van der Waals surface area contributed by atoms with Gasteiger partial charge in [-0.05, 0) is 50.3 Å². The van der Waals surface area contributed by atoms with E-state index in [4.69, 9.17) is 9.15 Å². The summed E-state index contributed by atoms with van der Waals surface area (Å²) in [5.41, 5.74) is 1.66. The number of likely N-dealkylation sites (tertiary alicyclic amines) is 1. The van der Waals surface area contributed by atoms with E-state index in [2.05, 4.69) is 11.4 Å². The fraction of sp³-hybridized carbons (Fsp3) is 0.520. The Morgan fingerprint density at radius 3 is 2.61 bits per heavy atom. The summed E-state index contributed by atoms with van der Waals surface area (Å²) in [6.45, 7) is 3.15. The van der Waals surface area contributed by atoms with Gasteiger partial charge in [-0.1, -0.05) is 18.2 Å². The topological polar surface area (TPSA) is 71.8 Å². The molecule has 2 amide bonds. The molecule has 1 aliphatic carbocycles. The predicted octanol–water partition coefficient (Wildman–Crippen LogP) is 4.19. The fourth-order valence-corrected chi connectivity index (χ4v) is 5.15. The number of furan rings is 1. The highest BCUT2D eigenvalue weighted by molar-refractivity contribution is 5.92. The van der Waals surface area contributed by atoms with Gasteiger partial charge in [0.1, 0.15) is 11.4 Å². The molecule has 2 fully saturated rings. The van der Waals surface area contributed by atoms with Gasteiger partial charge in [-0.25, -0.2) is 0 Å². The summed E-state index contributed by atoms with van der Waals surface area (Å²) >= 11 is 0. The van der Waals surface area contributed by atoms with E-state index in [0.717, 1.165) is 49.0 Å². The van der Waals surface area contributed by atoms with E-state index in [9.17, 15) is 9.59 Å². The summed E-state index contributed by atoms with van der Waals surface area (Å²) in [6.07, 6.45) is 7.78. The van der Waals surface area contributed by atoms with Gasteiger partial charge in [-0.15, -0.1) is 0 Å². The number of carbonyl (C=O) groups is 2. The Morgan fingerprint density at radius 1 is 1.16 bits per heavy atom. The number of rotatable bonds is 4. The van der Waals surface area contributed by atoms with Gasteiger partial charge in [0, 0.05) is 49.9 Å². The Kier molecular flexibility index (Phi) is 5.24. The van der Waals surface area contributed by atoms with Crippen molar-refractivity contribution in [1.29, 1.82) is 0 Å². The highest BCUT2D eigenvalue weighted by Gasteiger charge is 2.44. The van der Waals surface area contributed by atoms with E-state index in [1.807, 2.05) is 36.1 Å². The normalized spacial score (nSPS) is 22.4. The van der Waals surface area contributed by atoms with Crippen molar-refractivity contribution in [1.82, 2.24) is 10.2 Å². The number of nitrogens with one attached hydrogen (secondary N) is 1. The average Bonchev–Trinajstić information content (AvgIpc) is 3.17. The van der Waals surface area contributed by atoms with Gasteiger partial charge < -0.3 is 19.4 Å². The first-order chi connectivity index (χ1) is 15.0. The van der Waals surface area contributed by atoms with Crippen molar-refractivity contribution < 1.29 is 18.7 Å². The third kappa shape index (κ3) is 3.95. The smallest absolute Gasteiger partial charge is 0.289 e. The molecule has 3 aliphatic rings. The molecule has 1 atom stereocenters. The Balaban J connectivity index is 1.29. The lowest BCUT2D eigenvalue weighted by molar-refractivity contribution is -0.123. The second kappa shape index (κ2) is 8.06. The molecular formula is C25H30N2O4. The van der Waals surface area contributed by atoms with E-state index in [1.165, 1.54) is 6.42 Å². The second-order valence-corrected chi connectivity index (χ2v) is 9.35. The molecule has 1 spiro atoms. The Labute approximate surface area is 182 Å². The van der Waals surface area contributed by atoms with Crippen LogP contribution in [0.25, 0.3) is 0 Å². The average molecular weight is 423 g/mol. The zero-order valence-corrected chi connectivity index (χ0v) is 18.1. The molecule has 164 valence electrons. The van der Waals surface area contributed by atoms with Crippen molar-refractivity contribution in [2.45, 2.75) is 69.4 Å². The summed E-state index contributed by atoms with van der Waals surface area (Å²) in [5.74, 6) is 1.54. The molecule has 0 bridgehead atoms.